The average molecular weight is 306 g/mol. The topological polar surface area (TPSA) is 86.7 Å². The maximum Gasteiger partial charge on any atom is 0.323 e. The molecule has 2 N–H and O–H groups in total. The highest BCUT2D eigenvalue weighted by atomic mass is 32.2. The third-order valence-corrected chi connectivity index (χ3v) is 5.83. The van der Waals surface area contributed by atoms with Crippen LogP contribution in [0.15, 0.2) is 0 Å². The van der Waals surface area contributed by atoms with Crippen LogP contribution in [-0.2, 0) is 14.6 Å². The van der Waals surface area contributed by atoms with Crippen LogP contribution in [0.5, 0.6) is 0 Å². The van der Waals surface area contributed by atoms with Gasteiger partial charge in [-0.2, -0.15) is 0 Å². The lowest BCUT2D eigenvalue weighted by molar-refractivity contribution is -0.145. The molecule has 1 fully saturated rings. The first-order valence-corrected chi connectivity index (χ1v) is 8.88. The minimum absolute atomic E-state index is 0.0145. The van der Waals surface area contributed by atoms with E-state index < -0.39 is 21.3 Å². The fourth-order valence-electron chi connectivity index (χ4n) is 3.00. The quantitative estimate of drug-likeness (QED) is 0.736. The molecule has 0 aromatic heterocycles. The second-order valence-corrected chi connectivity index (χ2v) is 8.15. The van der Waals surface area contributed by atoms with Crippen molar-refractivity contribution in [2.75, 3.05) is 24.6 Å². The highest BCUT2D eigenvalue weighted by molar-refractivity contribution is 7.91. The molecule has 3 unspecified atom stereocenters. The van der Waals surface area contributed by atoms with Crippen LogP contribution in [0.25, 0.3) is 0 Å². The molecule has 0 radical (unpaired) electrons. The molecule has 1 saturated heterocycles. The molecule has 6 nitrogen and oxygen atoms in total. The Labute approximate surface area is 121 Å². The molecule has 20 heavy (non-hydrogen) atoms. The van der Waals surface area contributed by atoms with Crippen LogP contribution >= 0.6 is 0 Å². The van der Waals surface area contributed by atoms with Gasteiger partial charge in [-0.3, -0.25) is 9.69 Å². The standard InChI is InChI=1S/C13H26N2O4S/c1-5-14-13(4,12(16)17)8-10(2)15-6-7-20(18,19)9-11(15)3/h10-11,14H,5-9H2,1-4H3,(H,16,17). The highest BCUT2D eigenvalue weighted by Gasteiger charge is 2.38. The Morgan fingerprint density at radius 3 is 2.60 bits per heavy atom. The minimum atomic E-state index is -2.94. The highest BCUT2D eigenvalue weighted by Crippen LogP contribution is 2.21. The van der Waals surface area contributed by atoms with Gasteiger partial charge in [0, 0.05) is 18.6 Å². The van der Waals surface area contributed by atoms with Crippen molar-refractivity contribution in [3.8, 4) is 0 Å². The Morgan fingerprint density at radius 2 is 2.15 bits per heavy atom. The number of hydrogen-bond acceptors (Lipinski definition) is 5. The molecule has 118 valence electrons. The fraction of sp³-hybridized carbons (Fsp3) is 0.923. The lowest BCUT2D eigenvalue weighted by atomic mass is 9.92. The Balaban J connectivity index is 2.75. The normalized spacial score (nSPS) is 27.7. The zero-order valence-electron chi connectivity index (χ0n) is 12.7. The number of carbonyl (C=O) groups is 1. The predicted octanol–water partition coefficient (Wildman–Crippen LogP) is 0.337. The molecule has 0 saturated carbocycles. The van der Waals surface area contributed by atoms with E-state index in [-0.39, 0.29) is 23.6 Å². The van der Waals surface area contributed by atoms with Gasteiger partial charge in [-0.15, -0.1) is 0 Å². The van der Waals surface area contributed by atoms with Crippen molar-refractivity contribution in [1.82, 2.24) is 10.2 Å². The Morgan fingerprint density at radius 1 is 1.55 bits per heavy atom. The summed E-state index contributed by atoms with van der Waals surface area (Å²) in [5, 5.41) is 12.4. The number of nitrogens with zero attached hydrogens (tertiary/aromatic N) is 1. The second kappa shape index (κ2) is 6.41. The monoisotopic (exact) mass is 306 g/mol. The van der Waals surface area contributed by atoms with Gasteiger partial charge in [-0.25, -0.2) is 8.42 Å². The number of carboxylic acids is 1. The SMILES string of the molecule is CCNC(C)(CC(C)N1CCS(=O)(=O)CC1C)C(=O)O. The predicted molar refractivity (Wildman–Crippen MR) is 78.6 cm³/mol. The molecule has 3 atom stereocenters. The summed E-state index contributed by atoms with van der Waals surface area (Å²) in [6.07, 6.45) is 0.445. The van der Waals surface area contributed by atoms with Crippen LogP contribution < -0.4 is 5.32 Å². The van der Waals surface area contributed by atoms with E-state index in [0.717, 1.165) is 0 Å². The van der Waals surface area contributed by atoms with E-state index in [1.165, 1.54) is 0 Å². The summed E-state index contributed by atoms with van der Waals surface area (Å²) in [6, 6.07) is -0.0518. The third-order valence-electron chi connectivity index (χ3n) is 4.03. The first-order valence-electron chi connectivity index (χ1n) is 7.06. The summed E-state index contributed by atoms with van der Waals surface area (Å²) in [5.41, 5.74) is -0.982. The fourth-order valence-corrected chi connectivity index (χ4v) is 4.58. The first-order chi connectivity index (χ1) is 9.11. The number of sulfone groups is 1. The number of aliphatic carboxylic acids is 1. The maximum atomic E-state index is 11.6. The lowest BCUT2D eigenvalue weighted by Crippen LogP contribution is -2.57. The van der Waals surface area contributed by atoms with E-state index in [0.29, 0.717) is 19.5 Å². The van der Waals surface area contributed by atoms with Gasteiger partial charge in [-0.05, 0) is 33.7 Å². The van der Waals surface area contributed by atoms with Crippen LogP contribution in [0.1, 0.15) is 34.1 Å². The van der Waals surface area contributed by atoms with Crippen molar-refractivity contribution in [1.29, 1.82) is 0 Å². The molecule has 7 heteroatoms. The summed E-state index contributed by atoms with van der Waals surface area (Å²) in [6.45, 7) is 8.47. The van der Waals surface area contributed by atoms with Crippen molar-refractivity contribution < 1.29 is 18.3 Å². The maximum absolute atomic E-state index is 11.6. The van der Waals surface area contributed by atoms with Crippen molar-refractivity contribution in [3.05, 3.63) is 0 Å². The summed E-state index contributed by atoms with van der Waals surface area (Å²) < 4.78 is 23.2. The largest absolute Gasteiger partial charge is 0.480 e. The molecular weight excluding hydrogens is 280 g/mol. The van der Waals surface area contributed by atoms with Crippen LogP contribution in [0.4, 0.5) is 0 Å². The first kappa shape index (κ1) is 17.4. The molecule has 0 spiro atoms. The summed E-state index contributed by atoms with van der Waals surface area (Å²) in [4.78, 5) is 13.5. The van der Waals surface area contributed by atoms with Crippen LogP contribution in [0.3, 0.4) is 0 Å². The van der Waals surface area contributed by atoms with Gasteiger partial charge in [0.05, 0.1) is 11.5 Å². The molecule has 0 aromatic rings. The molecule has 0 aliphatic carbocycles. The summed E-state index contributed by atoms with van der Waals surface area (Å²) >= 11 is 0. The number of hydrogen-bond donors (Lipinski definition) is 2. The Bertz CT molecular complexity index is 451. The van der Waals surface area contributed by atoms with Crippen LogP contribution in [-0.4, -0.2) is 66.6 Å². The van der Waals surface area contributed by atoms with E-state index in [1.807, 2.05) is 20.8 Å². The van der Waals surface area contributed by atoms with Crippen molar-refractivity contribution >= 4 is 15.8 Å². The van der Waals surface area contributed by atoms with Gasteiger partial charge < -0.3 is 10.4 Å². The smallest absolute Gasteiger partial charge is 0.323 e. The zero-order chi connectivity index (χ0) is 15.6. The number of rotatable bonds is 6. The Kier molecular flexibility index (Phi) is 5.57. The molecule has 1 heterocycles. The van der Waals surface area contributed by atoms with Gasteiger partial charge in [0.25, 0.3) is 0 Å². The van der Waals surface area contributed by atoms with Gasteiger partial charge in [0.1, 0.15) is 5.54 Å². The second-order valence-electron chi connectivity index (χ2n) is 5.92. The van der Waals surface area contributed by atoms with Crippen LogP contribution in [0, 0.1) is 0 Å². The van der Waals surface area contributed by atoms with E-state index in [9.17, 15) is 18.3 Å². The molecule has 1 aliphatic heterocycles. The molecule has 1 rings (SSSR count). The van der Waals surface area contributed by atoms with Crippen molar-refractivity contribution in [2.45, 2.75) is 51.7 Å². The van der Waals surface area contributed by atoms with E-state index >= 15 is 0 Å². The van der Waals surface area contributed by atoms with Gasteiger partial charge in [0.2, 0.25) is 0 Å². The summed E-state index contributed by atoms with van der Waals surface area (Å²) in [7, 11) is -2.94. The Hall–Kier alpha value is -0.660. The third kappa shape index (κ3) is 4.17. The summed E-state index contributed by atoms with van der Waals surface area (Å²) in [5.74, 6) is -0.557. The van der Waals surface area contributed by atoms with Gasteiger partial charge in [0.15, 0.2) is 9.84 Å². The number of nitrogens with one attached hydrogen (secondary N) is 1. The average Bonchev–Trinajstić information content (AvgIpc) is 2.27. The number of likely N-dealkylation sites (N-methyl/N-ethyl adjacent to an activating group) is 1. The van der Waals surface area contributed by atoms with E-state index in [1.54, 1.807) is 6.92 Å². The van der Waals surface area contributed by atoms with Crippen molar-refractivity contribution in [2.24, 2.45) is 0 Å². The lowest BCUT2D eigenvalue weighted by Gasteiger charge is -2.40. The van der Waals surface area contributed by atoms with Gasteiger partial charge >= 0.3 is 5.97 Å². The molecular formula is C13H26N2O4S. The van der Waals surface area contributed by atoms with Gasteiger partial charge in [-0.1, -0.05) is 6.92 Å². The number of carboxylic acid groups (broad SMARTS) is 1. The molecule has 0 aromatic carbocycles. The minimum Gasteiger partial charge on any atom is -0.480 e. The molecule has 0 bridgehead atoms. The van der Waals surface area contributed by atoms with E-state index in [2.05, 4.69) is 10.2 Å². The zero-order valence-corrected chi connectivity index (χ0v) is 13.5. The molecule has 1 aliphatic rings. The van der Waals surface area contributed by atoms with Crippen molar-refractivity contribution in [3.63, 3.8) is 0 Å². The van der Waals surface area contributed by atoms with E-state index in [4.69, 9.17) is 0 Å². The molecule has 0 amide bonds. The van der Waals surface area contributed by atoms with Crippen LogP contribution in [0.2, 0.25) is 0 Å².